The van der Waals surface area contributed by atoms with E-state index in [0.29, 0.717) is 5.82 Å². The van der Waals surface area contributed by atoms with E-state index in [1.54, 1.807) is 0 Å². The maximum absolute atomic E-state index is 5.60. The molecular weight excluding hydrogens is 643 g/mol. The zero-order valence-electron chi connectivity index (χ0n) is 28.7. The SMILES string of the molecule is c1ccc(-c2cc(-c3ccccc3)nc(-c3ccc4c(c3)C3(c5ccccc5-4)c4ccccc4-c4nc(-c5ccccc5)c5ccccc5c43)n2)cc1. The van der Waals surface area contributed by atoms with E-state index in [1.807, 2.05) is 12.1 Å². The summed E-state index contributed by atoms with van der Waals surface area (Å²) in [7, 11) is 0. The fraction of sp³-hybridized carbons (Fsp3) is 0.0200. The quantitative estimate of drug-likeness (QED) is 0.187. The van der Waals surface area contributed by atoms with Gasteiger partial charge in [0.25, 0.3) is 0 Å². The van der Waals surface area contributed by atoms with Gasteiger partial charge in [-0.2, -0.15) is 0 Å². The van der Waals surface area contributed by atoms with Crippen molar-refractivity contribution in [3.05, 3.63) is 210 Å². The Morgan fingerprint density at radius 1 is 0.321 bits per heavy atom. The zero-order chi connectivity index (χ0) is 34.9. The van der Waals surface area contributed by atoms with Crippen molar-refractivity contribution in [2.75, 3.05) is 0 Å². The molecule has 7 aromatic carbocycles. The molecule has 3 heteroatoms. The molecule has 246 valence electrons. The minimum Gasteiger partial charge on any atom is -0.247 e. The maximum atomic E-state index is 5.60. The van der Waals surface area contributed by atoms with Gasteiger partial charge >= 0.3 is 0 Å². The molecule has 1 spiro atoms. The summed E-state index contributed by atoms with van der Waals surface area (Å²) in [6.07, 6.45) is 0. The first-order valence-corrected chi connectivity index (χ1v) is 18.1. The van der Waals surface area contributed by atoms with E-state index in [0.717, 1.165) is 50.4 Å². The van der Waals surface area contributed by atoms with Crippen LogP contribution in [0.5, 0.6) is 0 Å². The smallest absolute Gasteiger partial charge is 0.160 e. The van der Waals surface area contributed by atoms with Crippen LogP contribution in [0.4, 0.5) is 0 Å². The number of fused-ring (bicyclic) bond motifs is 12. The molecule has 2 heterocycles. The topological polar surface area (TPSA) is 38.7 Å². The minimum absolute atomic E-state index is 0.588. The van der Waals surface area contributed by atoms with Crippen LogP contribution in [0.1, 0.15) is 22.3 Å². The van der Waals surface area contributed by atoms with Crippen LogP contribution in [0.3, 0.4) is 0 Å². The van der Waals surface area contributed by atoms with Crippen molar-refractivity contribution < 1.29 is 0 Å². The van der Waals surface area contributed by atoms with Gasteiger partial charge in [-0.3, -0.25) is 0 Å². The molecule has 0 radical (unpaired) electrons. The fourth-order valence-corrected chi connectivity index (χ4v) is 8.87. The average molecular weight is 674 g/mol. The summed E-state index contributed by atoms with van der Waals surface area (Å²) in [5.74, 6) is 0.702. The molecular formula is C50H31N3. The normalized spacial score (nSPS) is 14.9. The standard InChI is InChI=1S/C50H31N3/c1-4-16-32(17-5-1)44-31-45(33-18-6-2-7-19-33)52-49(51-44)35-28-29-37-36-22-12-14-26-41(36)50(43(37)30-35)42-27-15-13-25-40(42)48-46(50)38-23-10-11-24-39(38)47(53-48)34-20-8-3-9-21-34/h1-31H. The fourth-order valence-electron chi connectivity index (χ4n) is 8.87. The number of aromatic nitrogens is 3. The van der Waals surface area contributed by atoms with E-state index < -0.39 is 5.41 Å². The lowest BCUT2D eigenvalue weighted by Crippen LogP contribution is -2.26. The van der Waals surface area contributed by atoms with Gasteiger partial charge in [-0.05, 0) is 45.3 Å². The molecule has 0 bridgehead atoms. The summed E-state index contributed by atoms with van der Waals surface area (Å²) in [6, 6.07) is 67.0. The number of hydrogen-bond acceptors (Lipinski definition) is 3. The summed E-state index contributed by atoms with van der Waals surface area (Å²) in [5.41, 5.74) is 16.1. The van der Waals surface area contributed by atoms with E-state index >= 15 is 0 Å². The predicted molar refractivity (Wildman–Crippen MR) is 215 cm³/mol. The van der Waals surface area contributed by atoms with E-state index in [1.165, 1.54) is 44.3 Å². The summed E-state index contributed by atoms with van der Waals surface area (Å²) >= 11 is 0. The highest BCUT2D eigenvalue weighted by Crippen LogP contribution is 2.64. The van der Waals surface area contributed by atoms with Crippen molar-refractivity contribution >= 4 is 10.8 Å². The van der Waals surface area contributed by atoms with Gasteiger partial charge in [-0.25, -0.2) is 15.0 Å². The van der Waals surface area contributed by atoms with Crippen LogP contribution in [0.15, 0.2) is 188 Å². The average Bonchev–Trinajstić information content (AvgIpc) is 3.71. The molecule has 0 saturated carbocycles. The third-order valence-corrected chi connectivity index (χ3v) is 11.1. The Hall–Kier alpha value is -6.97. The molecule has 0 saturated heterocycles. The first-order valence-electron chi connectivity index (χ1n) is 18.1. The van der Waals surface area contributed by atoms with Crippen LogP contribution >= 0.6 is 0 Å². The molecule has 1 atom stereocenters. The van der Waals surface area contributed by atoms with Crippen LogP contribution in [-0.2, 0) is 5.41 Å². The molecule has 2 aliphatic carbocycles. The number of hydrogen-bond donors (Lipinski definition) is 0. The highest BCUT2D eigenvalue weighted by atomic mass is 14.9. The largest absolute Gasteiger partial charge is 0.247 e. The Morgan fingerprint density at radius 3 is 1.49 bits per heavy atom. The molecule has 2 aliphatic rings. The molecule has 2 aromatic heterocycles. The third kappa shape index (κ3) is 4.31. The number of rotatable bonds is 4. The molecule has 3 nitrogen and oxygen atoms in total. The molecule has 0 amide bonds. The zero-order valence-corrected chi connectivity index (χ0v) is 28.7. The van der Waals surface area contributed by atoms with Gasteiger partial charge in [0.1, 0.15) is 0 Å². The van der Waals surface area contributed by atoms with Crippen LogP contribution < -0.4 is 0 Å². The first kappa shape index (κ1) is 29.7. The van der Waals surface area contributed by atoms with Gasteiger partial charge in [0.15, 0.2) is 5.82 Å². The molecule has 0 fully saturated rings. The summed E-state index contributed by atoms with van der Waals surface area (Å²) in [5, 5.41) is 2.37. The third-order valence-electron chi connectivity index (χ3n) is 11.1. The van der Waals surface area contributed by atoms with Crippen molar-refractivity contribution in [1.82, 2.24) is 15.0 Å². The molecule has 53 heavy (non-hydrogen) atoms. The van der Waals surface area contributed by atoms with Crippen LogP contribution in [0.2, 0.25) is 0 Å². The minimum atomic E-state index is -0.588. The van der Waals surface area contributed by atoms with Gasteiger partial charge in [0.05, 0.1) is 28.2 Å². The second kappa shape index (κ2) is 11.5. The van der Waals surface area contributed by atoms with Gasteiger partial charge in [0.2, 0.25) is 0 Å². The monoisotopic (exact) mass is 673 g/mol. The number of pyridine rings is 1. The molecule has 0 aliphatic heterocycles. The van der Waals surface area contributed by atoms with E-state index in [9.17, 15) is 0 Å². The lowest BCUT2D eigenvalue weighted by molar-refractivity contribution is 0.799. The Morgan fingerprint density at radius 2 is 0.830 bits per heavy atom. The lowest BCUT2D eigenvalue weighted by atomic mass is 9.69. The molecule has 1 unspecified atom stereocenters. The van der Waals surface area contributed by atoms with Gasteiger partial charge < -0.3 is 0 Å². The van der Waals surface area contributed by atoms with E-state index in [-0.39, 0.29) is 0 Å². The van der Waals surface area contributed by atoms with E-state index in [2.05, 4.69) is 176 Å². The highest BCUT2D eigenvalue weighted by Gasteiger charge is 2.53. The predicted octanol–water partition coefficient (Wildman–Crippen LogP) is 12.0. The second-order valence-electron chi connectivity index (χ2n) is 13.9. The van der Waals surface area contributed by atoms with Crippen molar-refractivity contribution in [2.45, 2.75) is 5.41 Å². The summed E-state index contributed by atoms with van der Waals surface area (Å²) in [4.78, 5) is 16.1. The first-order chi connectivity index (χ1) is 26.3. The molecule has 0 N–H and O–H groups in total. The summed E-state index contributed by atoms with van der Waals surface area (Å²) < 4.78 is 0. The van der Waals surface area contributed by atoms with Crippen molar-refractivity contribution in [2.24, 2.45) is 0 Å². The number of benzene rings is 7. The van der Waals surface area contributed by atoms with Crippen molar-refractivity contribution in [3.63, 3.8) is 0 Å². The second-order valence-corrected chi connectivity index (χ2v) is 13.9. The Balaban J connectivity index is 1.22. The Labute approximate surface area is 308 Å². The summed E-state index contributed by atoms with van der Waals surface area (Å²) in [6.45, 7) is 0. The van der Waals surface area contributed by atoms with Gasteiger partial charge in [-0.15, -0.1) is 0 Å². The van der Waals surface area contributed by atoms with Gasteiger partial charge in [-0.1, -0.05) is 176 Å². The van der Waals surface area contributed by atoms with Crippen LogP contribution in [-0.4, -0.2) is 15.0 Å². The Bertz CT molecular complexity index is 2820. The van der Waals surface area contributed by atoms with Crippen molar-refractivity contribution in [1.29, 1.82) is 0 Å². The number of nitrogens with zero attached hydrogens (tertiary/aromatic N) is 3. The lowest BCUT2D eigenvalue weighted by Gasteiger charge is -2.31. The van der Waals surface area contributed by atoms with Gasteiger partial charge in [0, 0.05) is 38.8 Å². The highest BCUT2D eigenvalue weighted by molar-refractivity contribution is 6.07. The van der Waals surface area contributed by atoms with E-state index in [4.69, 9.17) is 15.0 Å². The van der Waals surface area contributed by atoms with Crippen LogP contribution in [0, 0.1) is 0 Å². The maximum Gasteiger partial charge on any atom is 0.160 e. The molecule has 9 aromatic rings. The van der Waals surface area contributed by atoms with Crippen LogP contribution in [0.25, 0.3) is 78.3 Å². The molecule has 11 rings (SSSR count). The Kier molecular flexibility index (Phi) is 6.47. The van der Waals surface area contributed by atoms with Crippen molar-refractivity contribution in [3.8, 4) is 67.5 Å².